The smallest absolute Gasteiger partial charge is 0.0982 e. The van der Waals surface area contributed by atoms with E-state index in [0.717, 1.165) is 5.76 Å². The van der Waals surface area contributed by atoms with Crippen LogP contribution < -0.4 is 0 Å². The van der Waals surface area contributed by atoms with Crippen LogP contribution in [0, 0.1) is 5.92 Å². The lowest BCUT2D eigenvalue weighted by atomic mass is 9.97. The Labute approximate surface area is 83.2 Å². The molecular formula is C12H24O. The van der Waals surface area contributed by atoms with E-state index in [1.165, 1.54) is 32.1 Å². The minimum atomic E-state index is 0. The first-order valence-electron chi connectivity index (χ1n) is 5.05. The van der Waals surface area contributed by atoms with Crippen molar-refractivity contribution in [3.8, 4) is 0 Å². The molecule has 0 bridgehead atoms. The standard InChI is InChI=1S/C11H20O.CH4/c1-9(2)10(3)12-11-7-5-4-6-8-11;/h9,11H,3-8H2,1-2H3;1H4. The van der Waals surface area contributed by atoms with Crippen LogP contribution in [0.25, 0.3) is 0 Å². The maximum Gasteiger partial charge on any atom is 0.0982 e. The molecule has 1 fully saturated rings. The van der Waals surface area contributed by atoms with Gasteiger partial charge in [-0.15, -0.1) is 0 Å². The Morgan fingerprint density at radius 1 is 1.23 bits per heavy atom. The number of hydrogen-bond acceptors (Lipinski definition) is 1. The highest BCUT2D eigenvalue weighted by Crippen LogP contribution is 2.23. The molecule has 1 heteroatoms. The van der Waals surface area contributed by atoms with Gasteiger partial charge in [-0.25, -0.2) is 0 Å². The summed E-state index contributed by atoms with van der Waals surface area (Å²) in [7, 11) is 0. The van der Waals surface area contributed by atoms with Crippen molar-refractivity contribution in [3.05, 3.63) is 12.3 Å². The van der Waals surface area contributed by atoms with Crippen LogP contribution in [0.5, 0.6) is 0 Å². The molecule has 0 aromatic carbocycles. The molecule has 1 aliphatic carbocycles. The Bertz CT molecular complexity index is 143. The fourth-order valence-corrected chi connectivity index (χ4v) is 1.53. The summed E-state index contributed by atoms with van der Waals surface area (Å²) in [5.74, 6) is 1.42. The van der Waals surface area contributed by atoms with Crippen molar-refractivity contribution in [1.29, 1.82) is 0 Å². The Kier molecular flexibility index (Phi) is 5.85. The van der Waals surface area contributed by atoms with Gasteiger partial charge < -0.3 is 4.74 Å². The third-order valence-electron chi connectivity index (χ3n) is 2.51. The van der Waals surface area contributed by atoms with Gasteiger partial charge in [-0.1, -0.05) is 34.3 Å². The van der Waals surface area contributed by atoms with Gasteiger partial charge in [0.05, 0.1) is 11.9 Å². The molecule has 78 valence electrons. The van der Waals surface area contributed by atoms with Gasteiger partial charge in [-0.2, -0.15) is 0 Å². The average molecular weight is 184 g/mol. The molecule has 1 saturated carbocycles. The van der Waals surface area contributed by atoms with Crippen LogP contribution in [0.3, 0.4) is 0 Å². The highest BCUT2D eigenvalue weighted by atomic mass is 16.5. The van der Waals surface area contributed by atoms with E-state index in [2.05, 4.69) is 20.4 Å². The number of allylic oxidation sites excluding steroid dienone is 1. The SMILES string of the molecule is C.C=C(OC1CCCCC1)C(C)C. The predicted octanol–water partition coefficient (Wildman–Crippen LogP) is 4.14. The van der Waals surface area contributed by atoms with E-state index >= 15 is 0 Å². The lowest BCUT2D eigenvalue weighted by molar-refractivity contribution is 0.0687. The van der Waals surface area contributed by atoms with E-state index in [0.29, 0.717) is 12.0 Å². The van der Waals surface area contributed by atoms with E-state index in [1.807, 2.05) is 0 Å². The van der Waals surface area contributed by atoms with E-state index in [-0.39, 0.29) is 7.43 Å². The first-order chi connectivity index (χ1) is 5.70. The highest BCUT2D eigenvalue weighted by molar-refractivity contribution is 4.88. The number of rotatable bonds is 3. The second-order valence-corrected chi connectivity index (χ2v) is 4.00. The molecular weight excluding hydrogens is 160 g/mol. The molecule has 0 saturated heterocycles. The van der Waals surface area contributed by atoms with Gasteiger partial charge in [-0.3, -0.25) is 0 Å². The van der Waals surface area contributed by atoms with Crippen molar-refractivity contribution in [1.82, 2.24) is 0 Å². The quantitative estimate of drug-likeness (QED) is 0.599. The molecule has 0 spiro atoms. The molecule has 0 aliphatic heterocycles. The lowest BCUT2D eigenvalue weighted by Crippen LogP contribution is -2.17. The molecule has 0 aromatic rings. The summed E-state index contributed by atoms with van der Waals surface area (Å²) in [6.07, 6.45) is 6.96. The average Bonchev–Trinajstić information content (AvgIpc) is 2.06. The van der Waals surface area contributed by atoms with Crippen LogP contribution in [0.1, 0.15) is 53.4 Å². The number of hydrogen-bond donors (Lipinski definition) is 0. The summed E-state index contributed by atoms with van der Waals surface area (Å²) < 4.78 is 5.76. The van der Waals surface area contributed by atoms with Crippen molar-refractivity contribution in [3.63, 3.8) is 0 Å². The van der Waals surface area contributed by atoms with E-state index in [9.17, 15) is 0 Å². The van der Waals surface area contributed by atoms with Gasteiger partial charge in [-0.05, 0) is 25.7 Å². The maximum absolute atomic E-state index is 5.76. The molecule has 0 radical (unpaired) electrons. The summed E-state index contributed by atoms with van der Waals surface area (Å²) in [6.45, 7) is 8.19. The molecule has 1 rings (SSSR count). The summed E-state index contributed by atoms with van der Waals surface area (Å²) in [6, 6.07) is 0. The van der Waals surface area contributed by atoms with E-state index < -0.39 is 0 Å². The van der Waals surface area contributed by atoms with Gasteiger partial charge in [0, 0.05) is 5.92 Å². The van der Waals surface area contributed by atoms with E-state index in [1.54, 1.807) is 0 Å². The third-order valence-corrected chi connectivity index (χ3v) is 2.51. The molecule has 0 unspecified atom stereocenters. The third kappa shape index (κ3) is 4.35. The van der Waals surface area contributed by atoms with Crippen molar-refractivity contribution in [2.45, 2.75) is 59.5 Å². The van der Waals surface area contributed by atoms with Gasteiger partial charge in [0.25, 0.3) is 0 Å². The molecule has 0 atom stereocenters. The number of ether oxygens (including phenoxy) is 1. The normalized spacial score (nSPS) is 18.1. The van der Waals surface area contributed by atoms with Crippen molar-refractivity contribution in [2.24, 2.45) is 5.92 Å². The fraction of sp³-hybridized carbons (Fsp3) is 0.833. The van der Waals surface area contributed by atoms with Crippen molar-refractivity contribution in [2.75, 3.05) is 0 Å². The van der Waals surface area contributed by atoms with Crippen LogP contribution >= 0.6 is 0 Å². The summed E-state index contributed by atoms with van der Waals surface area (Å²) in [5, 5.41) is 0. The molecule has 0 N–H and O–H groups in total. The Morgan fingerprint density at radius 3 is 2.23 bits per heavy atom. The van der Waals surface area contributed by atoms with Crippen LogP contribution in [-0.2, 0) is 4.74 Å². The van der Waals surface area contributed by atoms with Crippen LogP contribution in [0.2, 0.25) is 0 Å². The zero-order chi connectivity index (χ0) is 8.97. The minimum Gasteiger partial charge on any atom is -0.495 e. The molecule has 0 amide bonds. The first-order valence-corrected chi connectivity index (χ1v) is 5.05. The molecule has 13 heavy (non-hydrogen) atoms. The van der Waals surface area contributed by atoms with Gasteiger partial charge in [0.2, 0.25) is 0 Å². The summed E-state index contributed by atoms with van der Waals surface area (Å²) >= 11 is 0. The Morgan fingerprint density at radius 2 is 1.77 bits per heavy atom. The topological polar surface area (TPSA) is 9.23 Å². The van der Waals surface area contributed by atoms with Gasteiger partial charge >= 0.3 is 0 Å². The Hall–Kier alpha value is -0.460. The molecule has 0 aromatic heterocycles. The zero-order valence-electron chi connectivity index (χ0n) is 8.31. The summed E-state index contributed by atoms with van der Waals surface area (Å²) in [5.41, 5.74) is 0. The zero-order valence-corrected chi connectivity index (χ0v) is 8.31. The van der Waals surface area contributed by atoms with Crippen LogP contribution in [-0.4, -0.2) is 6.10 Å². The minimum absolute atomic E-state index is 0. The monoisotopic (exact) mass is 184 g/mol. The first kappa shape index (κ1) is 12.5. The predicted molar refractivity (Wildman–Crippen MR) is 58.7 cm³/mol. The van der Waals surface area contributed by atoms with Crippen molar-refractivity contribution < 1.29 is 4.74 Å². The molecule has 0 heterocycles. The van der Waals surface area contributed by atoms with Crippen molar-refractivity contribution >= 4 is 0 Å². The van der Waals surface area contributed by atoms with Gasteiger partial charge in [0.1, 0.15) is 0 Å². The molecule has 1 nitrogen and oxygen atoms in total. The summed E-state index contributed by atoms with van der Waals surface area (Å²) in [4.78, 5) is 0. The largest absolute Gasteiger partial charge is 0.495 e. The maximum atomic E-state index is 5.76. The second kappa shape index (κ2) is 6.06. The second-order valence-electron chi connectivity index (χ2n) is 4.00. The van der Waals surface area contributed by atoms with Crippen LogP contribution in [0.15, 0.2) is 12.3 Å². The highest BCUT2D eigenvalue weighted by Gasteiger charge is 2.15. The van der Waals surface area contributed by atoms with Crippen LogP contribution in [0.4, 0.5) is 0 Å². The fourth-order valence-electron chi connectivity index (χ4n) is 1.53. The molecule has 1 aliphatic rings. The van der Waals surface area contributed by atoms with E-state index in [4.69, 9.17) is 4.74 Å². The van der Waals surface area contributed by atoms with Gasteiger partial charge in [0.15, 0.2) is 0 Å². The Balaban J connectivity index is 0.00000144. The lowest BCUT2D eigenvalue weighted by Gasteiger charge is -2.25.